The van der Waals surface area contributed by atoms with Crippen molar-refractivity contribution in [3.05, 3.63) is 45.8 Å². The summed E-state index contributed by atoms with van der Waals surface area (Å²) in [4.78, 5) is 25.0. The van der Waals surface area contributed by atoms with Gasteiger partial charge in [-0.05, 0) is 44.0 Å². The van der Waals surface area contributed by atoms with Crippen LogP contribution in [0.15, 0.2) is 24.3 Å². The number of esters is 1. The maximum atomic E-state index is 12.6. The number of nitrogens with zero attached hydrogens (tertiary/aromatic N) is 1. The number of carbonyl (C=O) groups is 2. The van der Waals surface area contributed by atoms with E-state index in [9.17, 15) is 14.9 Å². The summed E-state index contributed by atoms with van der Waals surface area (Å²) in [6.07, 6.45) is 3.17. The lowest BCUT2D eigenvalue weighted by molar-refractivity contribution is 0.0531. The number of nitrogens with one attached hydrogen (secondary N) is 1. The van der Waals surface area contributed by atoms with Crippen molar-refractivity contribution in [2.75, 3.05) is 18.5 Å². The number of rotatable bonds is 9. The summed E-state index contributed by atoms with van der Waals surface area (Å²) < 4.78 is 10.7. The van der Waals surface area contributed by atoms with Crippen LogP contribution in [0, 0.1) is 18.3 Å². The van der Waals surface area contributed by atoms with E-state index in [1.54, 1.807) is 38.1 Å². The molecular weight excluding hydrogens is 376 g/mol. The Kier molecular flexibility index (Phi) is 8.02. The second-order valence-corrected chi connectivity index (χ2v) is 7.15. The van der Waals surface area contributed by atoms with Crippen molar-refractivity contribution in [1.29, 1.82) is 5.26 Å². The highest BCUT2D eigenvalue weighted by atomic mass is 32.1. The fourth-order valence-corrected chi connectivity index (χ4v) is 3.62. The molecule has 1 N–H and O–H groups in total. The second-order valence-electron chi connectivity index (χ2n) is 6.13. The third-order valence-electron chi connectivity index (χ3n) is 4.06. The lowest BCUT2D eigenvalue weighted by atomic mass is 10.1. The first kappa shape index (κ1) is 21.5. The molecule has 0 bridgehead atoms. The van der Waals surface area contributed by atoms with Gasteiger partial charge in [-0.1, -0.05) is 25.8 Å². The number of anilines is 1. The Labute approximate surface area is 169 Å². The molecule has 7 heteroatoms. The number of carbonyl (C=O) groups excluding carboxylic acids is 2. The second kappa shape index (κ2) is 10.5. The van der Waals surface area contributed by atoms with Crippen LogP contribution in [0.1, 0.15) is 64.3 Å². The number of nitriles is 1. The SMILES string of the molecule is CCCCCOc1cccc(C(=O)Nc2sc(C(=O)OCC)c(C)c2C#N)c1. The maximum absolute atomic E-state index is 12.6. The number of hydrogen-bond donors (Lipinski definition) is 1. The van der Waals surface area contributed by atoms with Gasteiger partial charge in [-0.15, -0.1) is 11.3 Å². The molecule has 1 heterocycles. The minimum absolute atomic E-state index is 0.241. The molecule has 0 unspecified atom stereocenters. The van der Waals surface area contributed by atoms with Gasteiger partial charge in [0, 0.05) is 5.56 Å². The van der Waals surface area contributed by atoms with Gasteiger partial charge in [0.1, 0.15) is 21.7 Å². The van der Waals surface area contributed by atoms with Gasteiger partial charge in [-0.2, -0.15) is 5.26 Å². The van der Waals surface area contributed by atoms with Gasteiger partial charge in [0.2, 0.25) is 0 Å². The highest BCUT2D eigenvalue weighted by Gasteiger charge is 2.22. The molecule has 1 amide bonds. The number of unbranched alkanes of at least 4 members (excludes halogenated alkanes) is 2. The Morgan fingerprint density at radius 1 is 1.25 bits per heavy atom. The van der Waals surface area contributed by atoms with E-state index in [0.717, 1.165) is 30.6 Å². The van der Waals surface area contributed by atoms with Crippen LogP contribution in [0.25, 0.3) is 0 Å². The summed E-state index contributed by atoms with van der Waals surface area (Å²) in [6, 6.07) is 8.95. The topological polar surface area (TPSA) is 88.4 Å². The highest BCUT2D eigenvalue weighted by molar-refractivity contribution is 7.18. The number of benzene rings is 1. The molecule has 148 valence electrons. The number of hydrogen-bond acceptors (Lipinski definition) is 6. The Bertz CT molecular complexity index is 883. The lowest BCUT2D eigenvalue weighted by Gasteiger charge is -2.08. The van der Waals surface area contributed by atoms with Crippen LogP contribution in [0.5, 0.6) is 5.75 Å². The van der Waals surface area contributed by atoms with E-state index in [2.05, 4.69) is 18.3 Å². The van der Waals surface area contributed by atoms with Crippen molar-refractivity contribution < 1.29 is 19.1 Å². The molecule has 0 radical (unpaired) electrons. The van der Waals surface area contributed by atoms with Gasteiger partial charge >= 0.3 is 5.97 Å². The first-order chi connectivity index (χ1) is 13.5. The van der Waals surface area contributed by atoms with Crippen molar-refractivity contribution >= 4 is 28.2 Å². The van der Waals surface area contributed by atoms with E-state index >= 15 is 0 Å². The summed E-state index contributed by atoms with van der Waals surface area (Å²) in [5.74, 6) is -0.240. The number of ether oxygens (including phenoxy) is 2. The summed E-state index contributed by atoms with van der Waals surface area (Å²) >= 11 is 1.05. The van der Waals surface area contributed by atoms with E-state index in [-0.39, 0.29) is 18.1 Å². The molecule has 0 aliphatic carbocycles. The zero-order chi connectivity index (χ0) is 20.5. The van der Waals surface area contributed by atoms with Crippen LogP contribution >= 0.6 is 11.3 Å². The average molecular weight is 401 g/mol. The van der Waals surface area contributed by atoms with Crippen LogP contribution in [0.3, 0.4) is 0 Å². The van der Waals surface area contributed by atoms with Gasteiger partial charge in [-0.25, -0.2) is 4.79 Å². The number of thiophene rings is 1. The van der Waals surface area contributed by atoms with Crippen molar-refractivity contribution in [3.8, 4) is 11.8 Å². The number of amides is 1. The fraction of sp³-hybridized carbons (Fsp3) is 0.381. The van der Waals surface area contributed by atoms with Crippen LogP contribution in [-0.4, -0.2) is 25.1 Å². The summed E-state index contributed by atoms with van der Waals surface area (Å²) in [5, 5.41) is 12.5. The predicted octanol–water partition coefficient (Wildman–Crippen LogP) is 4.93. The lowest BCUT2D eigenvalue weighted by Crippen LogP contribution is -2.12. The molecule has 0 atom stereocenters. The normalized spacial score (nSPS) is 10.2. The molecule has 0 aliphatic heterocycles. The van der Waals surface area contributed by atoms with E-state index in [1.165, 1.54) is 0 Å². The van der Waals surface area contributed by atoms with Gasteiger partial charge in [-0.3, -0.25) is 4.79 Å². The molecule has 0 fully saturated rings. The van der Waals surface area contributed by atoms with E-state index in [4.69, 9.17) is 9.47 Å². The molecule has 1 aromatic heterocycles. The van der Waals surface area contributed by atoms with E-state index in [0.29, 0.717) is 33.4 Å². The van der Waals surface area contributed by atoms with Crippen LogP contribution < -0.4 is 10.1 Å². The Morgan fingerprint density at radius 2 is 2.04 bits per heavy atom. The molecule has 0 saturated heterocycles. The molecule has 2 aromatic rings. The Hall–Kier alpha value is -2.85. The monoisotopic (exact) mass is 400 g/mol. The van der Waals surface area contributed by atoms with Crippen molar-refractivity contribution in [1.82, 2.24) is 0 Å². The Balaban J connectivity index is 2.15. The quantitative estimate of drug-likeness (QED) is 0.476. The van der Waals surface area contributed by atoms with Gasteiger partial charge in [0.25, 0.3) is 5.91 Å². The van der Waals surface area contributed by atoms with Crippen LogP contribution in [-0.2, 0) is 4.74 Å². The molecule has 0 spiro atoms. The molecule has 2 rings (SSSR count). The zero-order valence-corrected chi connectivity index (χ0v) is 17.1. The molecule has 0 saturated carbocycles. The van der Waals surface area contributed by atoms with Gasteiger partial charge in [0.15, 0.2) is 0 Å². The molecule has 28 heavy (non-hydrogen) atoms. The maximum Gasteiger partial charge on any atom is 0.348 e. The Morgan fingerprint density at radius 3 is 2.71 bits per heavy atom. The molecule has 6 nitrogen and oxygen atoms in total. The van der Waals surface area contributed by atoms with Crippen molar-refractivity contribution in [2.24, 2.45) is 0 Å². The van der Waals surface area contributed by atoms with Gasteiger partial charge in [0.05, 0.1) is 18.8 Å². The third kappa shape index (κ3) is 5.33. The van der Waals surface area contributed by atoms with E-state index < -0.39 is 5.97 Å². The summed E-state index contributed by atoms with van der Waals surface area (Å²) in [7, 11) is 0. The van der Waals surface area contributed by atoms with E-state index in [1.807, 2.05) is 0 Å². The standard InChI is InChI=1S/C21H24N2O4S/c1-4-6-7-11-27-16-10-8-9-15(12-16)19(24)23-20-17(13-22)14(3)18(28-20)21(25)26-5-2/h8-10,12H,4-7,11H2,1-3H3,(H,23,24). The molecule has 1 aromatic carbocycles. The summed E-state index contributed by atoms with van der Waals surface area (Å²) in [6.45, 7) is 6.35. The van der Waals surface area contributed by atoms with Crippen LogP contribution in [0.2, 0.25) is 0 Å². The largest absolute Gasteiger partial charge is 0.494 e. The zero-order valence-electron chi connectivity index (χ0n) is 16.3. The van der Waals surface area contributed by atoms with Crippen molar-refractivity contribution in [2.45, 2.75) is 40.0 Å². The van der Waals surface area contributed by atoms with Crippen molar-refractivity contribution in [3.63, 3.8) is 0 Å². The first-order valence-electron chi connectivity index (χ1n) is 9.26. The predicted molar refractivity (Wildman–Crippen MR) is 109 cm³/mol. The van der Waals surface area contributed by atoms with Crippen LogP contribution in [0.4, 0.5) is 5.00 Å². The first-order valence-corrected chi connectivity index (χ1v) is 10.1. The highest BCUT2D eigenvalue weighted by Crippen LogP contribution is 2.33. The minimum Gasteiger partial charge on any atom is -0.494 e. The fourth-order valence-electron chi connectivity index (χ4n) is 2.57. The minimum atomic E-state index is -0.496. The van der Waals surface area contributed by atoms with Gasteiger partial charge < -0.3 is 14.8 Å². The third-order valence-corrected chi connectivity index (χ3v) is 5.25. The molecule has 0 aliphatic rings. The molecular formula is C21H24N2O4S. The summed E-state index contributed by atoms with van der Waals surface area (Å²) in [5.41, 5.74) is 1.20. The smallest absolute Gasteiger partial charge is 0.348 e. The average Bonchev–Trinajstić information content (AvgIpc) is 3.01.